The molecule has 166 valence electrons. The molecule has 0 saturated carbocycles. The minimum absolute atomic E-state index is 0.0196. The molecule has 1 aromatic carbocycles. The van der Waals surface area contributed by atoms with Gasteiger partial charge in [-0.3, -0.25) is 14.2 Å². The van der Waals surface area contributed by atoms with Crippen molar-refractivity contribution in [1.82, 2.24) is 19.6 Å². The molecule has 1 N–H and O–H groups in total. The Bertz CT molecular complexity index is 1120. The van der Waals surface area contributed by atoms with Crippen LogP contribution in [-0.4, -0.2) is 25.5 Å². The zero-order chi connectivity index (χ0) is 22.9. The molecule has 0 aliphatic rings. The van der Waals surface area contributed by atoms with Gasteiger partial charge in [-0.2, -0.15) is 23.4 Å². The predicted molar refractivity (Wildman–Crippen MR) is 115 cm³/mol. The van der Waals surface area contributed by atoms with Crippen LogP contribution in [0.5, 0.6) is 0 Å². The molecule has 10 heteroatoms. The van der Waals surface area contributed by atoms with E-state index in [1.165, 1.54) is 11.6 Å². The van der Waals surface area contributed by atoms with E-state index in [-0.39, 0.29) is 23.3 Å². The number of nitrogens with one attached hydrogen (secondary N) is 1. The molecule has 0 aliphatic carbocycles. The number of amides is 1. The first-order valence-electron chi connectivity index (χ1n) is 9.67. The number of hydrogen-bond donors (Lipinski definition) is 1. The highest BCUT2D eigenvalue weighted by Crippen LogP contribution is 2.35. The van der Waals surface area contributed by atoms with Gasteiger partial charge >= 0.3 is 6.18 Å². The molecule has 3 rings (SSSR count). The lowest BCUT2D eigenvalue weighted by atomic mass is 10.1. The number of hydrogen-bond acceptors (Lipinski definition) is 3. The van der Waals surface area contributed by atoms with Crippen LogP contribution in [-0.2, 0) is 24.1 Å². The maximum absolute atomic E-state index is 13.0. The minimum Gasteiger partial charge on any atom is -0.323 e. The average Bonchev–Trinajstić information content (AvgIpc) is 3.11. The summed E-state index contributed by atoms with van der Waals surface area (Å²) in [4.78, 5) is 12.5. The van der Waals surface area contributed by atoms with Crippen LogP contribution in [0, 0.1) is 27.7 Å². The Morgan fingerprint density at radius 1 is 1.10 bits per heavy atom. The van der Waals surface area contributed by atoms with Crippen molar-refractivity contribution < 1.29 is 18.0 Å². The fourth-order valence-electron chi connectivity index (χ4n) is 3.35. The van der Waals surface area contributed by atoms with Crippen molar-refractivity contribution in [1.29, 1.82) is 0 Å². The van der Waals surface area contributed by atoms with E-state index in [4.69, 9.17) is 0 Å². The van der Waals surface area contributed by atoms with E-state index in [0.29, 0.717) is 23.6 Å². The molecule has 31 heavy (non-hydrogen) atoms. The number of anilines is 1. The molecule has 2 heterocycles. The van der Waals surface area contributed by atoms with Crippen LogP contribution in [0.4, 0.5) is 18.9 Å². The summed E-state index contributed by atoms with van der Waals surface area (Å²) in [6.45, 7) is 7.82. The van der Waals surface area contributed by atoms with Crippen molar-refractivity contribution in [3.63, 3.8) is 0 Å². The van der Waals surface area contributed by atoms with E-state index in [0.717, 1.165) is 16.8 Å². The highest BCUT2D eigenvalue weighted by Gasteiger charge is 2.37. The van der Waals surface area contributed by atoms with E-state index in [2.05, 4.69) is 37.5 Å². The maximum atomic E-state index is 13.0. The largest absolute Gasteiger partial charge is 0.436 e. The predicted octanol–water partition coefficient (Wildman–Crippen LogP) is 5.17. The fraction of sp³-hybridized carbons (Fsp3) is 0.381. The van der Waals surface area contributed by atoms with Gasteiger partial charge in [0.25, 0.3) is 0 Å². The monoisotopic (exact) mass is 497 g/mol. The van der Waals surface area contributed by atoms with Crippen LogP contribution in [0.25, 0.3) is 0 Å². The molecule has 0 fully saturated rings. The number of carbonyl (C=O) groups excluding carboxylic acids is 1. The van der Waals surface area contributed by atoms with E-state index in [1.54, 1.807) is 6.92 Å². The molecule has 0 saturated heterocycles. The number of alkyl halides is 3. The first-order valence-corrected chi connectivity index (χ1v) is 10.5. The lowest BCUT2D eigenvalue weighted by Crippen LogP contribution is -2.17. The molecule has 0 radical (unpaired) electrons. The molecular weight excluding hydrogens is 475 g/mol. The van der Waals surface area contributed by atoms with Crippen molar-refractivity contribution in [2.75, 3.05) is 5.32 Å². The van der Waals surface area contributed by atoms with E-state index < -0.39 is 11.9 Å². The van der Waals surface area contributed by atoms with Crippen molar-refractivity contribution in [3.05, 3.63) is 62.6 Å². The van der Waals surface area contributed by atoms with Crippen LogP contribution < -0.4 is 5.32 Å². The average molecular weight is 498 g/mol. The van der Waals surface area contributed by atoms with Gasteiger partial charge in [0.2, 0.25) is 5.91 Å². The fourth-order valence-corrected chi connectivity index (χ4v) is 3.86. The van der Waals surface area contributed by atoms with Crippen LogP contribution in [0.1, 0.15) is 40.3 Å². The standard InChI is InChI=1S/C21H23BrF3N5O/c1-12-6-5-7-16(10-12)11-30-15(4)19(13(2)27-30)26-17(31)8-9-29-14(3)18(22)20(28-29)21(23,24)25/h5-7,10H,8-9,11H2,1-4H3,(H,26,31). The summed E-state index contributed by atoms with van der Waals surface area (Å²) in [5.41, 5.74) is 3.69. The third-order valence-electron chi connectivity index (χ3n) is 5.01. The Morgan fingerprint density at radius 2 is 1.81 bits per heavy atom. The van der Waals surface area contributed by atoms with Crippen molar-refractivity contribution >= 4 is 27.5 Å². The third kappa shape index (κ3) is 5.17. The molecule has 3 aromatic rings. The van der Waals surface area contributed by atoms with Crippen LogP contribution in [0.15, 0.2) is 28.7 Å². The highest BCUT2D eigenvalue weighted by atomic mass is 79.9. The number of aryl methyl sites for hydroxylation is 3. The van der Waals surface area contributed by atoms with Gasteiger partial charge < -0.3 is 5.32 Å². The maximum Gasteiger partial charge on any atom is 0.436 e. The molecule has 2 aromatic heterocycles. The summed E-state index contributed by atoms with van der Waals surface area (Å²) in [5, 5.41) is 11.0. The highest BCUT2D eigenvalue weighted by molar-refractivity contribution is 9.10. The van der Waals surface area contributed by atoms with Gasteiger partial charge in [0.05, 0.1) is 40.3 Å². The van der Waals surface area contributed by atoms with Crippen LogP contribution in [0.2, 0.25) is 0 Å². The second kappa shape index (κ2) is 8.86. The first kappa shape index (κ1) is 23.1. The topological polar surface area (TPSA) is 64.7 Å². The Labute approximate surface area is 186 Å². The number of benzene rings is 1. The zero-order valence-electron chi connectivity index (χ0n) is 17.6. The minimum atomic E-state index is -4.56. The molecule has 0 spiro atoms. The Balaban J connectivity index is 1.68. The molecule has 0 bridgehead atoms. The van der Waals surface area contributed by atoms with Gasteiger partial charge in [-0.15, -0.1) is 0 Å². The van der Waals surface area contributed by atoms with Gasteiger partial charge in [0.15, 0.2) is 5.69 Å². The SMILES string of the molecule is Cc1cccc(Cn2nc(C)c(NC(=O)CCn3nc(C(F)(F)F)c(Br)c3C)c2C)c1. The summed E-state index contributed by atoms with van der Waals surface area (Å²) >= 11 is 2.94. The summed E-state index contributed by atoms with van der Waals surface area (Å²) in [5.74, 6) is -0.319. The van der Waals surface area contributed by atoms with Gasteiger partial charge in [-0.1, -0.05) is 29.8 Å². The summed E-state index contributed by atoms with van der Waals surface area (Å²) in [6, 6.07) is 8.10. The zero-order valence-corrected chi connectivity index (χ0v) is 19.2. The number of halogens is 4. The number of aromatic nitrogens is 4. The molecule has 1 amide bonds. The molecular formula is C21H23BrF3N5O. The summed E-state index contributed by atoms with van der Waals surface area (Å²) in [7, 11) is 0. The van der Waals surface area contributed by atoms with Crippen molar-refractivity contribution in [3.8, 4) is 0 Å². The Kier molecular flexibility index (Phi) is 6.59. The molecule has 0 aliphatic heterocycles. The molecule has 0 atom stereocenters. The van der Waals surface area contributed by atoms with Crippen LogP contribution in [0.3, 0.4) is 0 Å². The number of rotatable bonds is 6. The van der Waals surface area contributed by atoms with Gasteiger partial charge in [0.1, 0.15) is 0 Å². The third-order valence-corrected chi connectivity index (χ3v) is 5.96. The number of nitrogens with zero attached hydrogens (tertiary/aromatic N) is 4. The van der Waals surface area contributed by atoms with E-state index in [9.17, 15) is 18.0 Å². The summed E-state index contributed by atoms with van der Waals surface area (Å²) < 4.78 is 41.9. The smallest absolute Gasteiger partial charge is 0.323 e. The Morgan fingerprint density at radius 3 is 2.42 bits per heavy atom. The molecule has 6 nitrogen and oxygen atoms in total. The van der Waals surface area contributed by atoms with E-state index >= 15 is 0 Å². The van der Waals surface area contributed by atoms with Crippen molar-refractivity contribution in [2.45, 2.75) is 53.4 Å². The Hall–Kier alpha value is -2.62. The first-order chi connectivity index (χ1) is 14.5. The van der Waals surface area contributed by atoms with Gasteiger partial charge in [-0.05, 0) is 49.2 Å². The lowest BCUT2D eigenvalue weighted by Gasteiger charge is -2.09. The van der Waals surface area contributed by atoms with E-state index in [1.807, 2.05) is 36.7 Å². The second-order valence-electron chi connectivity index (χ2n) is 7.46. The van der Waals surface area contributed by atoms with Crippen molar-refractivity contribution in [2.24, 2.45) is 0 Å². The van der Waals surface area contributed by atoms with Gasteiger partial charge in [0, 0.05) is 6.42 Å². The number of carbonyl (C=O) groups is 1. The summed E-state index contributed by atoms with van der Waals surface area (Å²) in [6.07, 6.45) is -4.58. The normalized spacial score (nSPS) is 11.7. The quantitative estimate of drug-likeness (QED) is 0.510. The molecule has 0 unspecified atom stereocenters. The van der Waals surface area contributed by atoms with Crippen LogP contribution >= 0.6 is 15.9 Å². The lowest BCUT2D eigenvalue weighted by molar-refractivity contribution is -0.142. The second-order valence-corrected chi connectivity index (χ2v) is 8.25. The van der Waals surface area contributed by atoms with Gasteiger partial charge in [-0.25, -0.2) is 0 Å².